The SMILES string of the molecule is CC1(c2ccccc2)COC(c2ccccc2)N1S(=O)(=O)c1ccccc1. The molecule has 0 aromatic heterocycles. The minimum atomic E-state index is -3.78. The van der Waals surface area contributed by atoms with Crippen LogP contribution in [0, 0.1) is 0 Å². The summed E-state index contributed by atoms with van der Waals surface area (Å²) in [5, 5.41) is 0. The fraction of sp³-hybridized carbons (Fsp3) is 0.182. The van der Waals surface area contributed by atoms with Gasteiger partial charge < -0.3 is 4.74 Å². The Morgan fingerprint density at radius 1 is 0.852 bits per heavy atom. The molecular weight excluding hydrogens is 358 g/mol. The molecule has 0 spiro atoms. The van der Waals surface area contributed by atoms with E-state index in [0.717, 1.165) is 11.1 Å². The van der Waals surface area contributed by atoms with E-state index in [-0.39, 0.29) is 11.5 Å². The van der Waals surface area contributed by atoms with Crippen LogP contribution in [0.15, 0.2) is 95.9 Å². The van der Waals surface area contributed by atoms with Gasteiger partial charge in [0.1, 0.15) is 0 Å². The molecule has 1 aliphatic rings. The van der Waals surface area contributed by atoms with Crippen LogP contribution in [-0.4, -0.2) is 19.3 Å². The van der Waals surface area contributed by atoms with E-state index in [1.165, 1.54) is 4.31 Å². The molecule has 3 aromatic rings. The molecule has 1 aliphatic heterocycles. The third-order valence-corrected chi connectivity index (χ3v) is 6.98. The van der Waals surface area contributed by atoms with E-state index in [1.54, 1.807) is 24.3 Å². The van der Waals surface area contributed by atoms with Crippen molar-refractivity contribution in [2.45, 2.75) is 23.6 Å². The second kappa shape index (κ2) is 6.93. The first-order chi connectivity index (χ1) is 13.0. The molecule has 3 aromatic carbocycles. The van der Waals surface area contributed by atoms with Gasteiger partial charge in [-0.2, -0.15) is 4.31 Å². The van der Waals surface area contributed by atoms with E-state index in [1.807, 2.05) is 73.7 Å². The number of benzene rings is 3. The molecule has 4 nitrogen and oxygen atoms in total. The minimum Gasteiger partial charge on any atom is -0.355 e. The van der Waals surface area contributed by atoms with Gasteiger partial charge in [-0.15, -0.1) is 0 Å². The smallest absolute Gasteiger partial charge is 0.246 e. The maximum absolute atomic E-state index is 13.7. The lowest BCUT2D eigenvalue weighted by Crippen LogP contribution is -2.45. The van der Waals surface area contributed by atoms with Crippen LogP contribution in [0.5, 0.6) is 0 Å². The molecule has 1 saturated heterocycles. The maximum Gasteiger partial charge on any atom is 0.246 e. The Hall–Kier alpha value is -2.47. The number of rotatable bonds is 4. The molecule has 5 heteroatoms. The number of hydrogen-bond acceptors (Lipinski definition) is 3. The normalized spacial score (nSPS) is 23.4. The van der Waals surface area contributed by atoms with Crippen LogP contribution >= 0.6 is 0 Å². The Bertz CT molecular complexity index is 1010. The van der Waals surface area contributed by atoms with E-state index in [9.17, 15) is 8.42 Å². The van der Waals surface area contributed by atoms with E-state index in [0.29, 0.717) is 0 Å². The zero-order chi connectivity index (χ0) is 18.9. The standard InChI is InChI=1S/C22H21NO3S/c1-22(19-13-7-3-8-14-19)17-26-21(18-11-5-2-6-12-18)23(22)27(24,25)20-15-9-4-10-16-20/h2-16,21H,17H2,1H3. The van der Waals surface area contributed by atoms with Crippen LogP contribution in [0.1, 0.15) is 24.3 Å². The largest absolute Gasteiger partial charge is 0.355 e. The Kier molecular flexibility index (Phi) is 4.60. The van der Waals surface area contributed by atoms with Gasteiger partial charge in [-0.3, -0.25) is 0 Å². The van der Waals surface area contributed by atoms with Gasteiger partial charge in [0.25, 0.3) is 0 Å². The predicted molar refractivity (Wildman–Crippen MR) is 104 cm³/mol. The van der Waals surface area contributed by atoms with E-state index >= 15 is 0 Å². The Balaban J connectivity index is 1.89. The molecule has 0 saturated carbocycles. The van der Waals surface area contributed by atoms with Crippen molar-refractivity contribution in [2.24, 2.45) is 0 Å². The summed E-state index contributed by atoms with van der Waals surface area (Å²) in [4.78, 5) is 0.263. The fourth-order valence-electron chi connectivity index (χ4n) is 3.59. The van der Waals surface area contributed by atoms with Crippen molar-refractivity contribution in [3.63, 3.8) is 0 Å². The van der Waals surface area contributed by atoms with Gasteiger partial charge in [-0.05, 0) is 30.2 Å². The summed E-state index contributed by atoms with van der Waals surface area (Å²) in [5.41, 5.74) is 0.913. The summed E-state index contributed by atoms with van der Waals surface area (Å²) in [5.74, 6) is 0. The zero-order valence-electron chi connectivity index (χ0n) is 15.0. The van der Waals surface area contributed by atoms with E-state index in [2.05, 4.69) is 0 Å². The first-order valence-electron chi connectivity index (χ1n) is 8.85. The van der Waals surface area contributed by atoms with Gasteiger partial charge in [0.05, 0.1) is 17.0 Å². The maximum atomic E-state index is 13.7. The molecule has 27 heavy (non-hydrogen) atoms. The third-order valence-electron chi connectivity index (χ3n) is 5.00. The average molecular weight is 379 g/mol. The highest BCUT2D eigenvalue weighted by Crippen LogP contribution is 2.46. The molecule has 0 amide bonds. The van der Waals surface area contributed by atoms with Crippen LogP contribution in [0.3, 0.4) is 0 Å². The van der Waals surface area contributed by atoms with E-state index < -0.39 is 21.8 Å². The molecule has 0 radical (unpaired) electrons. The van der Waals surface area contributed by atoms with Gasteiger partial charge in [-0.25, -0.2) is 8.42 Å². The molecule has 1 fully saturated rings. The number of nitrogens with zero attached hydrogens (tertiary/aromatic N) is 1. The van der Waals surface area contributed by atoms with Crippen LogP contribution in [0.4, 0.5) is 0 Å². The van der Waals surface area contributed by atoms with Gasteiger partial charge in [0.2, 0.25) is 10.0 Å². The van der Waals surface area contributed by atoms with Crippen molar-refractivity contribution >= 4 is 10.0 Å². The highest BCUT2D eigenvalue weighted by molar-refractivity contribution is 7.89. The second-order valence-electron chi connectivity index (χ2n) is 6.83. The summed E-state index contributed by atoms with van der Waals surface area (Å²) in [6, 6.07) is 27.7. The monoisotopic (exact) mass is 379 g/mol. The van der Waals surface area contributed by atoms with Crippen LogP contribution in [-0.2, 0) is 20.3 Å². The number of ether oxygens (including phenoxy) is 1. The van der Waals surface area contributed by atoms with Gasteiger partial charge in [0, 0.05) is 0 Å². The Morgan fingerprint density at radius 3 is 1.96 bits per heavy atom. The lowest BCUT2D eigenvalue weighted by atomic mass is 9.93. The van der Waals surface area contributed by atoms with Crippen molar-refractivity contribution in [2.75, 3.05) is 6.61 Å². The van der Waals surface area contributed by atoms with Gasteiger partial charge in [0.15, 0.2) is 6.23 Å². The van der Waals surface area contributed by atoms with Crippen molar-refractivity contribution in [3.8, 4) is 0 Å². The number of hydrogen-bond donors (Lipinski definition) is 0. The molecule has 0 bridgehead atoms. The Morgan fingerprint density at radius 2 is 1.37 bits per heavy atom. The molecule has 1 heterocycles. The van der Waals surface area contributed by atoms with Crippen LogP contribution in [0.25, 0.3) is 0 Å². The van der Waals surface area contributed by atoms with Crippen molar-refractivity contribution in [3.05, 3.63) is 102 Å². The number of sulfonamides is 1. The summed E-state index contributed by atoms with van der Waals surface area (Å²) in [6.07, 6.45) is -0.679. The van der Waals surface area contributed by atoms with Gasteiger partial charge >= 0.3 is 0 Å². The molecule has 0 aliphatic carbocycles. The molecule has 138 valence electrons. The summed E-state index contributed by atoms with van der Waals surface area (Å²) in [6.45, 7) is 2.20. The lowest BCUT2D eigenvalue weighted by molar-refractivity contribution is 0.0676. The molecule has 2 unspecified atom stereocenters. The highest BCUT2D eigenvalue weighted by atomic mass is 32.2. The molecule has 4 rings (SSSR count). The molecular formula is C22H21NO3S. The fourth-order valence-corrected chi connectivity index (χ4v) is 5.44. The van der Waals surface area contributed by atoms with Crippen LogP contribution < -0.4 is 0 Å². The lowest BCUT2D eigenvalue weighted by Gasteiger charge is -2.35. The summed E-state index contributed by atoms with van der Waals surface area (Å²) >= 11 is 0. The summed E-state index contributed by atoms with van der Waals surface area (Å²) < 4.78 is 34.9. The van der Waals surface area contributed by atoms with Crippen molar-refractivity contribution < 1.29 is 13.2 Å². The zero-order valence-corrected chi connectivity index (χ0v) is 15.8. The molecule has 2 atom stereocenters. The summed E-state index contributed by atoms with van der Waals surface area (Å²) in [7, 11) is -3.78. The second-order valence-corrected chi connectivity index (χ2v) is 8.64. The van der Waals surface area contributed by atoms with Gasteiger partial charge in [-0.1, -0.05) is 78.9 Å². The first kappa shape index (κ1) is 17.9. The average Bonchev–Trinajstić information content (AvgIpc) is 3.09. The predicted octanol–water partition coefficient (Wildman–Crippen LogP) is 4.32. The van der Waals surface area contributed by atoms with Crippen LogP contribution in [0.2, 0.25) is 0 Å². The highest BCUT2D eigenvalue weighted by Gasteiger charge is 2.52. The minimum absolute atomic E-state index is 0.263. The molecule has 0 N–H and O–H groups in total. The van der Waals surface area contributed by atoms with E-state index in [4.69, 9.17) is 4.74 Å². The Labute approximate surface area is 160 Å². The van der Waals surface area contributed by atoms with Crippen molar-refractivity contribution in [1.29, 1.82) is 0 Å². The third kappa shape index (κ3) is 3.08. The van der Waals surface area contributed by atoms with Crippen molar-refractivity contribution in [1.82, 2.24) is 4.31 Å². The topological polar surface area (TPSA) is 46.6 Å². The quantitative estimate of drug-likeness (QED) is 0.678. The first-order valence-corrected chi connectivity index (χ1v) is 10.3.